The molecule has 0 aliphatic carbocycles. The smallest absolute Gasteiger partial charge is 0.268 e. The van der Waals surface area contributed by atoms with Gasteiger partial charge in [-0.05, 0) is 25.6 Å². The van der Waals surface area contributed by atoms with Gasteiger partial charge in [0.15, 0.2) is 5.82 Å². The third-order valence-corrected chi connectivity index (χ3v) is 6.38. The Bertz CT molecular complexity index is 1110. The summed E-state index contributed by atoms with van der Waals surface area (Å²) in [5.74, 6) is 1.32. The predicted octanol–water partition coefficient (Wildman–Crippen LogP) is 3.50. The standard InChI is InChI=1S/C20H22N6OS.ClH/c1-13-15-10-17(19-22-18(24-27-19)16-11-21-8-9-25(16)2)28-20(15)26(23-13)12-14-6-4-3-5-7-14;/h3-7,10,16,21H,8-9,11-12H2,1-2H3;1H. The first-order chi connectivity index (χ1) is 13.7. The Morgan fingerprint density at radius 2 is 2.10 bits per heavy atom. The Kier molecular flexibility index (Phi) is 5.69. The highest BCUT2D eigenvalue weighted by molar-refractivity contribution is 7.21. The topological polar surface area (TPSA) is 72.0 Å². The van der Waals surface area contributed by atoms with E-state index < -0.39 is 0 Å². The Hall–Kier alpha value is -2.26. The SMILES string of the molecule is Cc1nn(Cc2ccccc2)c2sc(-c3nc(C4CNCCN4C)no3)cc12.Cl. The van der Waals surface area contributed by atoms with Gasteiger partial charge in [-0.25, -0.2) is 0 Å². The molecule has 5 rings (SSSR count). The van der Waals surface area contributed by atoms with Crippen LogP contribution in [0.2, 0.25) is 0 Å². The number of fused-ring (bicyclic) bond motifs is 1. The van der Waals surface area contributed by atoms with Crippen molar-refractivity contribution >= 4 is 34.0 Å². The maximum absolute atomic E-state index is 5.61. The fraction of sp³-hybridized carbons (Fsp3) is 0.350. The first kappa shape index (κ1) is 20.0. The Morgan fingerprint density at radius 3 is 2.90 bits per heavy atom. The molecule has 9 heteroatoms. The lowest BCUT2D eigenvalue weighted by atomic mass is 10.2. The number of hydrogen-bond acceptors (Lipinski definition) is 7. The molecular weight excluding hydrogens is 408 g/mol. The molecule has 1 atom stereocenters. The minimum Gasteiger partial charge on any atom is -0.333 e. The monoisotopic (exact) mass is 430 g/mol. The van der Waals surface area contributed by atoms with Crippen LogP contribution in [0.15, 0.2) is 40.9 Å². The summed E-state index contributed by atoms with van der Waals surface area (Å²) >= 11 is 1.65. The van der Waals surface area contributed by atoms with Crippen LogP contribution in [0.5, 0.6) is 0 Å². The Balaban J connectivity index is 0.00000205. The number of rotatable bonds is 4. The van der Waals surface area contributed by atoms with Crippen LogP contribution in [-0.4, -0.2) is 51.5 Å². The molecule has 3 aromatic heterocycles. The highest BCUT2D eigenvalue weighted by Gasteiger charge is 2.26. The number of aryl methyl sites for hydroxylation is 1. The van der Waals surface area contributed by atoms with Crippen molar-refractivity contribution < 1.29 is 4.52 Å². The molecule has 1 unspecified atom stereocenters. The summed E-state index contributed by atoms with van der Waals surface area (Å²) in [5.41, 5.74) is 2.25. The van der Waals surface area contributed by atoms with Crippen LogP contribution in [0.3, 0.4) is 0 Å². The van der Waals surface area contributed by atoms with Crippen LogP contribution in [0.1, 0.15) is 23.1 Å². The van der Waals surface area contributed by atoms with E-state index in [9.17, 15) is 0 Å². The summed E-state index contributed by atoms with van der Waals surface area (Å²) in [6, 6.07) is 12.6. The molecule has 4 aromatic rings. The van der Waals surface area contributed by atoms with E-state index in [0.717, 1.165) is 52.8 Å². The largest absolute Gasteiger partial charge is 0.333 e. The molecule has 1 fully saturated rings. The van der Waals surface area contributed by atoms with E-state index in [1.54, 1.807) is 11.3 Å². The van der Waals surface area contributed by atoms with Gasteiger partial charge in [0.2, 0.25) is 0 Å². The predicted molar refractivity (Wildman–Crippen MR) is 117 cm³/mol. The molecule has 1 aromatic carbocycles. The molecule has 29 heavy (non-hydrogen) atoms. The van der Waals surface area contributed by atoms with Gasteiger partial charge in [0.25, 0.3) is 5.89 Å². The van der Waals surface area contributed by atoms with Gasteiger partial charge in [0.1, 0.15) is 4.83 Å². The van der Waals surface area contributed by atoms with Crippen molar-refractivity contribution in [2.75, 3.05) is 26.7 Å². The number of halogens is 1. The second-order valence-corrected chi connectivity index (χ2v) is 8.25. The molecule has 0 bridgehead atoms. The number of hydrogen-bond donors (Lipinski definition) is 1. The summed E-state index contributed by atoms with van der Waals surface area (Å²) in [5, 5.41) is 13.5. The van der Waals surface area contributed by atoms with Crippen LogP contribution in [-0.2, 0) is 6.54 Å². The lowest BCUT2D eigenvalue weighted by molar-refractivity contribution is 0.190. The van der Waals surface area contributed by atoms with Crippen LogP contribution in [0, 0.1) is 6.92 Å². The van der Waals surface area contributed by atoms with Crippen LogP contribution in [0.25, 0.3) is 21.0 Å². The van der Waals surface area contributed by atoms with Crippen molar-refractivity contribution in [3.8, 4) is 10.8 Å². The summed E-state index contributed by atoms with van der Waals surface area (Å²) in [6.07, 6.45) is 0. The average Bonchev–Trinajstić information content (AvgIpc) is 3.41. The van der Waals surface area contributed by atoms with E-state index in [-0.39, 0.29) is 18.4 Å². The van der Waals surface area contributed by atoms with Gasteiger partial charge in [-0.2, -0.15) is 10.1 Å². The van der Waals surface area contributed by atoms with Gasteiger partial charge in [0, 0.05) is 25.0 Å². The van der Waals surface area contributed by atoms with Crippen molar-refractivity contribution in [2.45, 2.75) is 19.5 Å². The summed E-state index contributed by atoms with van der Waals surface area (Å²) in [7, 11) is 2.10. The zero-order valence-electron chi connectivity index (χ0n) is 16.3. The van der Waals surface area contributed by atoms with Crippen molar-refractivity contribution in [1.82, 2.24) is 30.1 Å². The highest BCUT2D eigenvalue weighted by Crippen LogP contribution is 2.35. The van der Waals surface area contributed by atoms with Gasteiger partial charge in [-0.3, -0.25) is 9.58 Å². The molecule has 0 saturated carbocycles. The van der Waals surface area contributed by atoms with E-state index >= 15 is 0 Å². The van der Waals surface area contributed by atoms with E-state index in [0.29, 0.717) is 5.89 Å². The number of aromatic nitrogens is 4. The lowest BCUT2D eigenvalue weighted by Crippen LogP contribution is -2.44. The van der Waals surface area contributed by atoms with E-state index in [2.05, 4.69) is 57.4 Å². The van der Waals surface area contributed by atoms with Crippen molar-refractivity contribution in [3.63, 3.8) is 0 Å². The second kappa shape index (κ2) is 8.23. The molecule has 0 spiro atoms. The van der Waals surface area contributed by atoms with E-state index in [1.807, 2.05) is 13.0 Å². The molecule has 152 valence electrons. The summed E-state index contributed by atoms with van der Waals surface area (Å²) in [6.45, 7) is 5.60. The molecule has 1 aliphatic rings. The second-order valence-electron chi connectivity index (χ2n) is 7.22. The first-order valence-corrected chi connectivity index (χ1v) is 10.3. The zero-order valence-corrected chi connectivity index (χ0v) is 18.0. The van der Waals surface area contributed by atoms with Crippen LogP contribution >= 0.6 is 23.7 Å². The lowest BCUT2D eigenvalue weighted by Gasteiger charge is -2.30. The minimum atomic E-state index is 0. The van der Waals surface area contributed by atoms with Gasteiger partial charge in [-0.1, -0.05) is 35.5 Å². The summed E-state index contributed by atoms with van der Waals surface area (Å²) in [4.78, 5) is 9.08. The quantitative estimate of drug-likeness (QED) is 0.534. The third-order valence-electron chi connectivity index (χ3n) is 5.24. The molecule has 0 amide bonds. The van der Waals surface area contributed by atoms with Crippen LogP contribution in [0.4, 0.5) is 0 Å². The van der Waals surface area contributed by atoms with Crippen molar-refractivity contribution in [1.29, 1.82) is 0 Å². The molecular formula is C20H23ClN6OS. The number of piperazine rings is 1. The Labute approximate surface area is 179 Å². The summed E-state index contributed by atoms with van der Waals surface area (Å²) < 4.78 is 7.67. The fourth-order valence-electron chi connectivity index (χ4n) is 3.65. The first-order valence-electron chi connectivity index (χ1n) is 9.45. The average molecular weight is 431 g/mol. The maximum Gasteiger partial charge on any atom is 0.268 e. The number of likely N-dealkylation sites (N-methyl/N-ethyl adjacent to an activating group) is 1. The molecule has 0 radical (unpaired) electrons. The van der Waals surface area contributed by atoms with Crippen molar-refractivity contribution in [2.24, 2.45) is 0 Å². The zero-order chi connectivity index (χ0) is 19.1. The third kappa shape index (κ3) is 3.81. The van der Waals surface area contributed by atoms with Crippen LogP contribution < -0.4 is 5.32 Å². The van der Waals surface area contributed by atoms with Gasteiger partial charge >= 0.3 is 0 Å². The fourth-order valence-corrected chi connectivity index (χ4v) is 4.73. The van der Waals surface area contributed by atoms with Gasteiger partial charge in [0.05, 0.1) is 23.2 Å². The Morgan fingerprint density at radius 1 is 1.28 bits per heavy atom. The molecule has 1 N–H and O–H groups in total. The highest BCUT2D eigenvalue weighted by atomic mass is 35.5. The molecule has 7 nitrogen and oxygen atoms in total. The normalized spacial score (nSPS) is 17.5. The minimum absolute atomic E-state index is 0. The van der Waals surface area contributed by atoms with Gasteiger partial charge in [-0.15, -0.1) is 23.7 Å². The number of nitrogens with one attached hydrogen (secondary N) is 1. The number of thiophene rings is 1. The van der Waals surface area contributed by atoms with E-state index in [4.69, 9.17) is 14.6 Å². The maximum atomic E-state index is 5.61. The van der Waals surface area contributed by atoms with Gasteiger partial charge < -0.3 is 9.84 Å². The number of benzene rings is 1. The van der Waals surface area contributed by atoms with E-state index in [1.165, 1.54) is 5.56 Å². The molecule has 1 saturated heterocycles. The van der Waals surface area contributed by atoms with Crippen molar-refractivity contribution in [3.05, 3.63) is 53.5 Å². The number of nitrogens with zero attached hydrogens (tertiary/aromatic N) is 5. The molecule has 4 heterocycles. The molecule has 1 aliphatic heterocycles.